The van der Waals surface area contributed by atoms with Crippen molar-refractivity contribution in [1.29, 1.82) is 0 Å². The van der Waals surface area contributed by atoms with Gasteiger partial charge in [-0.1, -0.05) is 35.3 Å². The molecule has 1 atom stereocenters. The van der Waals surface area contributed by atoms with E-state index in [1.807, 2.05) is 20.8 Å². The van der Waals surface area contributed by atoms with E-state index in [-0.39, 0.29) is 24.2 Å². The van der Waals surface area contributed by atoms with Gasteiger partial charge in [-0.3, -0.25) is 10.1 Å². The second kappa shape index (κ2) is 10.4. The Morgan fingerprint density at radius 1 is 1.33 bits per heavy atom. The van der Waals surface area contributed by atoms with Gasteiger partial charge in [0.1, 0.15) is 23.3 Å². The van der Waals surface area contributed by atoms with Crippen LogP contribution in [0, 0.1) is 16.0 Å². The van der Waals surface area contributed by atoms with E-state index in [2.05, 4.69) is 15.6 Å². The van der Waals surface area contributed by atoms with Gasteiger partial charge in [0.05, 0.1) is 15.0 Å². The number of anilines is 2. The molecular formula is C22H27Cl2N5O4. The molecule has 33 heavy (non-hydrogen) atoms. The van der Waals surface area contributed by atoms with Crippen molar-refractivity contribution in [2.24, 2.45) is 5.92 Å². The Kier molecular flexibility index (Phi) is 7.86. The summed E-state index contributed by atoms with van der Waals surface area (Å²) < 4.78 is 5.43. The van der Waals surface area contributed by atoms with Crippen LogP contribution in [-0.2, 0) is 11.3 Å². The van der Waals surface area contributed by atoms with E-state index in [4.69, 9.17) is 27.9 Å². The fourth-order valence-corrected chi connectivity index (χ4v) is 3.83. The second-order valence-corrected chi connectivity index (χ2v) is 9.66. The Hall–Kier alpha value is -2.78. The zero-order valence-corrected chi connectivity index (χ0v) is 20.2. The van der Waals surface area contributed by atoms with Gasteiger partial charge < -0.3 is 20.3 Å². The number of carbonyl (C=O) groups excluding carboxylic acids is 1. The quantitative estimate of drug-likeness (QED) is 0.381. The van der Waals surface area contributed by atoms with Crippen molar-refractivity contribution in [3.63, 3.8) is 0 Å². The highest BCUT2D eigenvalue weighted by Crippen LogP contribution is 2.30. The van der Waals surface area contributed by atoms with Gasteiger partial charge in [0.2, 0.25) is 0 Å². The largest absolute Gasteiger partial charge is 0.444 e. The summed E-state index contributed by atoms with van der Waals surface area (Å²) >= 11 is 12.3. The molecule has 0 saturated carbocycles. The Balaban J connectivity index is 1.62. The summed E-state index contributed by atoms with van der Waals surface area (Å²) in [6.07, 6.45) is 1.73. The van der Waals surface area contributed by atoms with Crippen LogP contribution in [0.1, 0.15) is 32.8 Å². The lowest BCUT2D eigenvalue weighted by atomic mass is 10.1. The SMILES string of the molecule is CC(C)(C)OC(=O)N1CC[C@@H](CNc2cc(NCc3cccc(Cl)c3Cl)c([N+](=O)[O-])cn2)C1. The molecule has 0 bridgehead atoms. The van der Waals surface area contributed by atoms with Crippen molar-refractivity contribution in [2.75, 3.05) is 30.3 Å². The van der Waals surface area contributed by atoms with E-state index in [0.717, 1.165) is 12.0 Å². The molecule has 1 aliphatic heterocycles. The van der Waals surface area contributed by atoms with Gasteiger partial charge in [-0.2, -0.15) is 0 Å². The summed E-state index contributed by atoms with van der Waals surface area (Å²) in [7, 11) is 0. The fourth-order valence-electron chi connectivity index (χ4n) is 3.45. The third-order valence-electron chi connectivity index (χ3n) is 5.09. The highest BCUT2D eigenvalue weighted by atomic mass is 35.5. The van der Waals surface area contributed by atoms with Gasteiger partial charge in [-0.05, 0) is 44.7 Å². The molecule has 1 aliphatic rings. The van der Waals surface area contributed by atoms with E-state index < -0.39 is 10.5 Å². The van der Waals surface area contributed by atoms with E-state index in [0.29, 0.717) is 41.2 Å². The van der Waals surface area contributed by atoms with Crippen LogP contribution in [0.5, 0.6) is 0 Å². The topological polar surface area (TPSA) is 110 Å². The minimum Gasteiger partial charge on any atom is -0.444 e. The van der Waals surface area contributed by atoms with Gasteiger partial charge >= 0.3 is 11.8 Å². The number of nitrogens with one attached hydrogen (secondary N) is 2. The van der Waals surface area contributed by atoms with Crippen molar-refractivity contribution in [1.82, 2.24) is 9.88 Å². The number of rotatable bonds is 7. The third-order valence-corrected chi connectivity index (χ3v) is 5.95. The highest BCUT2D eigenvalue weighted by molar-refractivity contribution is 6.42. The first-order valence-corrected chi connectivity index (χ1v) is 11.3. The molecule has 2 heterocycles. The number of benzene rings is 1. The first kappa shape index (κ1) is 24.9. The van der Waals surface area contributed by atoms with E-state index >= 15 is 0 Å². The van der Waals surface area contributed by atoms with Crippen molar-refractivity contribution in [2.45, 2.75) is 39.3 Å². The number of amides is 1. The predicted octanol–water partition coefficient (Wildman–Crippen LogP) is 5.58. The Bertz CT molecular complexity index is 1030. The number of pyridine rings is 1. The average molecular weight is 496 g/mol. The summed E-state index contributed by atoms with van der Waals surface area (Å²) in [6, 6.07) is 6.83. The molecule has 3 rings (SSSR count). The number of likely N-dealkylation sites (tertiary alicyclic amines) is 1. The number of carbonyl (C=O) groups is 1. The molecule has 0 unspecified atom stereocenters. The smallest absolute Gasteiger partial charge is 0.410 e. The number of ether oxygens (including phenoxy) is 1. The monoisotopic (exact) mass is 495 g/mol. The number of aromatic nitrogens is 1. The molecule has 2 aromatic rings. The zero-order valence-electron chi connectivity index (χ0n) is 18.7. The lowest BCUT2D eigenvalue weighted by Gasteiger charge is -2.24. The van der Waals surface area contributed by atoms with E-state index in [1.165, 1.54) is 6.20 Å². The highest BCUT2D eigenvalue weighted by Gasteiger charge is 2.29. The fraction of sp³-hybridized carbons (Fsp3) is 0.455. The van der Waals surface area contributed by atoms with Crippen LogP contribution in [0.15, 0.2) is 30.5 Å². The lowest BCUT2D eigenvalue weighted by Crippen LogP contribution is -2.35. The summed E-state index contributed by atoms with van der Waals surface area (Å²) in [4.78, 5) is 29.1. The summed E-state index contributed by atoms with van der Waals surface area (Å²) in [5.41, 5.74) is 0.360. The first-order valence-electron chi connectivity index (χ1n) is 10.6. The maximum Gasteiger partial charge on any atom is 0.410 e. The van der Waals surface area contributed by atoms with Crippen LogP contribution in [0.3, 0.4) is 0 Å². The molecule has 11 heteroatoms. The molecule has 178 valence electrons. The molecule has 1 fully saturated rings. The number of halogens is 2. The number of nitro groups is 1. The van der Waals surface area contributed by atoms with Crippen molar-refractivity contribution >= 4 is 46.5 Å². The van der Waals surface area contributed by atoms with Gasteiger partial charge in [-0.15, -0.1) is 0 Å². The molecule has 9 nitrogen and oxygen atoms in total. The summed E-state index contributed by atoms with van der Waals surface area (Å²) in [6.45, 7) is 7.56. The average Bonchev–Trinajstić information content (AvgIpc) is 3.21. The van der Waals surface area contributed by atoms with Crippen LogP contribution < -0.4 is 10.6 Å². The number of hydrogen-bond donors (Lipinski definition) is 2. The second-order valence-electron chi connectivity index (χ2n) is 8.87. The Morgan fingerprint density at radius 3 is 2.79 bits per heavy atom. The minimum absolute atomic E-state index is 0.143. The number of nitrogens with zero attached hydrogens (tertiary/aromatic N) is 3. The van der Waals surface area contributed by atoms with Gasteiger partial charge in [0.15, 0.2) is 0 Å². The van der Waals surface area contributed by atoms with Crippen molar-refractivity contribution in [3.8, 4) is 0 Å². The van der Waals surface area contributed by atoms with Gasteiger partial charge in [-0.25, -0.2) is 9.78 Å². The molecule has 0 radical (unpaired) electrons. The molecule has 0 aliphatic carbocycles. The predicted molar refractivity (Wildman–Crippen MR) is 129 cm³/mol. The molecule has 1 aromatic heterocycles. The van der Waals surface area contributed by atoms with Gasteiger partial charge in [0, 0.05) is 32.2 Å². The molecule has 1 amide bonds. The van der Waals surface area contributed by atoms with Crippen LogP contribution in [0.25, 0.3) is 0 Å². The van der Waals surface area contributed by atoms with E-state index in [1.54, 1.807) is 29.2 Å². The normalized spacial score (nSPS) is 15.9. The standard InChI is InChI=1S/C22H27Cl2N5O4/c1-22(2,3)33-21(30)28-8-7-14(13-28)10-26-19-9-17(18(12-27-19)29(31)32)25-11-15-5-4-6-16(23)20(15)24/h4-6,9,12,14H,7-8,10-11,13H2,1-3H3,(H2,25,26,27)/t14-/m0/s1. The van der Waals surface area contributed by atoms with Crippen LogP contribution in [0.2, 0.25) is 10.0 Å². The van der Waals surface area contributed by atoms with Crippen LogP contribution in [0.4, 0.5) is 22.0 Å². The third kappa shape index (κ3) is 6.85. The Labute approximate surface area is 202 Å². The van der Waals surface area contributed by atoms with Crippen LogP contribution >= 0.6 is 23.2 Å². The molecule has 1 saturated heterocycles. The summed E-state index contributed by atoms with van der Waals surface area (Å²) in [5, 5.41) is 18.5. The van der Waals surface area contributed by atoms with Crippen molar-refractivity contribution < 1.29 is 14.5 Å². The summed E-state index contributed by atoms with van der Waals surface area (Å²) in [5.74, 6) is 0.715. The minimum atomic E-state index is -0.533. The molecule has 1 aromatic carbocycles. The maximum atomic E-state index is 12.2. The van der Waals surface area contributed by atoms with Gasteiger partial charge in [0.25, 0.3) is 0 Å². The number of hydrogen-bond acceptors (Lipinski definition) is 7. The first-order chi connectivity index (χ1) is 15.5. The molecule has 0 spiro atoms. The van der Waals surface area contributed by atoms with E-state index in [9.17, 15) is 14.9 Å². The maximum absolute atomic E-state index is 12.2. The Morgan fingerprint density at radius 2 is 2.09 bits per heavy atom. The zero-order chi connectivity index (χ0) is 24.2. The van der Waals surface area contributed by atoms with Crippen LogP contribution in [-0.4, -0.2) is 46.1 Å². The lowest BCUT2D eigenvalue weighted by molar-refractivity contribution is -0.384. The molecular weight excluding hydrogens is 469 g/mol. The van der Waals surface area contributed by atoms with Crippen molar-refractivity contribution in [3.05, 3.63) is 56.2 Å². The molecule has 2 N–H and O–H groups in total.